The second kappa shape index (κ2) is 10.2. The SMILES string of the molecule is CC(C(=O)Nc1ccc(Cl)cc1C(F)(F)F)N1CCN(CC(=O)N2CCOCC2)CC1. The van der Waals surface area contributed by atoms with Crippen LogP contribution in [-0.2, 0) is 20.5 Å². The van der Waals surface area contributed by atoms with Crippen LogP contribution in [0, 0.1) is 0 Å². The van der Waals surface area contributed by atoms with Crippen LogP contribution in [0.15, 0.2) is 18.2 Å². The normalized spacial score (nSPS) is 19.8. The molecule has 2 heterocycles. The van der Waals surface area contributed by atoms with Crippen LogP contribution in [0.25, 0.3) is 0 Å². The first-order valence-corrected chi connectivity index (χ1v) is 10.5. The lowest BCUT2D eigenvalue weighted by atomic mass is 10.1. The number of anilines is 1. The molecule has 2 fully saturated rings. The Balaban J connectivity index is 1.52. The molecule has 1 aromatic carbocycles. The van der Waals surface area contributed by atoms with Crippen molar-refractivity contribution in [2.24, 2.45) is 0 Å². The Labute approximate surface area is 184 Å². The van der Waals surface area contributed by atoms with Gasteiger partial charge in [0.05, 0.1) is 37.1 Å². The molecule has 7 nitrogen and oxygen atoms in total. The predicted octanol–water partition coefficient (Wildman–Crippen LogP) is 2.16. The number of carbonyl (C=O) groups excluding carboxylic acids is 2. The molecule has 1 atom stereocenters. The molecule has 0 saturated carbocycles. The van der Waals surface area contributed by atoms with E-state index in [0.717, 1.165) is 12.1 Å². The lowest BCUT2D eigenvalue weighted by molar-refractivity contribution is -0.138. The summed E-state index contributed by atoms with van der Waals surface area (Å²) in [6.07, 6.45) is -4.63. The van der Waals surface area contributed by atoms with Gasteiger partial charge in [0.2, 0.25) is 11.8 Å². The Morgan fingerprint density at radius 2 is 1.77 bits per heavy atom. The number of morpholine rings is 1. The molecule has 11 heteroatoms. The summed E-state index contributed by atoms with van der Waals surface area (Å²) in [5.74, 6) is -0.462. The van der Waals surface area contributed by atoms with Crippen molar-refractivity contribution < 1.29 is 27.5 Å². The number of rotatable bonds is 5. The molecule has 2 saturated heterocycles. The molecule has 2 amide bonds. The van der Waals surface area contributed by atoms with Crippen molar-refractivity contribution in [2.75, 3.05) is 64.3 Å². The van der Waals surface area contributed by atoms with Gasteiger partial charge in [0.25, 0.3) is 0 Å². The highest BCUT2D eigenvalue weighted by molar-refractivity contribution is 6.30. The molecular formula is C20H26ClF3N4O3. The number of hydrogen-bond acceptors (Lipinski definition) is 5. The summed E-state index contributed by atoms with van der Waals surface area (Å²) in [4.78, 5) is 30.7. The standard InChI is InChI=1S/C20H26ClF3N4O3/c1-14(19(30)25-17-3-2-15(21)12-16(17)20(22,23)24)27-6-4-26(5-7-27)13-18(29)28-8-10-31-11-9-28/h2-3,12,14H,4-11,13H2,1H3,(H,25,30). The number of hydrogen-bond donors (Lipinski definition) is 1. The molecule has 1 unspecified atom stereocenters. The summed E-state index contributed by atoms with van der Waals surface area (Å²) in [5.41, 5.74) is -1.30. The smallest absolute Gasteiger partial charge is 0.378 e. The van der Waals surface area contributed by atoms with Gasteiger partial charge in [0.15, 0.2) is 0 Å². The summed E-state index contributed by atoms with van der Waals surface area (Å²) >= 11 is 5.68. The molecule has 0 bridgehead atoms. The zero-order chi connectivity index (χ0) is 22.6. The van der Waals surface area contributed by atoms with E-state index in [9.17, 15) is 22.8 Å². The molecule has 3 rings (SSSR count). The molecule has 2 aliphatic heterocycles. The number of nitrogens with one attached hydrogen (secondary N) is 1. The van der Waals surface area contributed by atoms with E-state index < -0.39 is 23.7 Å². The van der Waals surface area contributed by atoms with Crippen LogP contribution in [0.3, 0.4) is 0 Å². The van der Waals surface area contributed by atoms with Gasteiger partial charge in [-0.05, 0) is 25.1 Å². The van der Waals surface area contributed by atoms with Crippen LogP contribution in [-0.4, -0.2) is 91.6 Å². The third-order valence-electron chi connectivity index (χ3n) is 5.60. The van der Waals surface area contributed by atoms with Gasteiger partial charge in [0, 0.05) is 44.3 Å². The summed E-state index contributed by atoms with van der Waals surface area (Å²) in [5, 5.41) is 2.33. The van der Waals surface area contributed by atoms with Crippen molar-refractivity contribution in [3.63, 3.8) is 0 Å². The lowest BCUT2D eigenvalue weighted by Crippen LogP contribution is -2.55. The first-order valence-electron chi connectivity index (χ1n) is 10.1. The molecule has 0 spiro atoms. The predicted molar refractivity (Wildman–Crippen MR) is 110 cm³/mol. The Morgan fingerprint density at radius 3 is 2.39 bits per heavy atom. The molecule has 0 aliphatic carbocycles. The molecule has 2 aliphatic rings. The van der Waals surface area contributed by atoms with E-state index in [4.69, 9.17) is 16.3 Å². The Kier molecular flexibility index (Phi) is 7.79. The first-order chi connectivity index (χ1) is 14.6. The van der Waals surface area contributed by atoms with Crippen molar-refractivity contribution in [1.82, 2.24) is 14.7 Å². The van der Waals surface area contributed by atoms with E-state index in [2.05, 4.69) is 5.32 Å². The number of carbonyl (C=O) groups is 2. The van der Waals surface area contributed by atoms with Crippen molar-refractivity contribution in [3.05, 3.63) is 28.8 Å². The van der Waals surface area contributed by atoms with Gasteiger partial charge in [-0.2, -0.15) is 13.2 Å². The van der Waals surface area contributed by atoms with Crippen LogP contribution < -0.4 is 5.32 Å². The van der Waals surface area contributed by atoms with E-state index >= 15 is 0 Å². The van der Waals surface area contributed by atoms with E-state index in [1.807, 2.05) is 9.80 Å². The monoisotopic (exact) mass is 462 g/mol. The molecular weight excluding hydrogens is 437 g/mol. The average Bonchev–Trinajstić information content (AvgIpc) is 2.75. The quantitative estimate of drug-likeness (QED) is 0.726. The highest BCUT2D eigenvalue weighted by Crippen LogP contribution is 2.36. The maximum atomic E-state index is 13.3. The average molecular weight is 463 g/mol. The van der Waals surface area contributed by atoms with Crippen molar-refractivity contribution in [1.29, 1.82) is 0 Å². The maximum absolute atomic E-state index is 13.3. The molecule has 0 aromatic heterocycles. The molecule has 0 radical (unpaired) electrons. The van der Waals surface area contributed by atoms with Crippen LogP contribution in [0.2, 0.25) is 5.02 Å². The van der Waals surface area contributed by atoms with E-state index in [-0.39, 0.29) is 16.6 Å². The second-order valence-corrected chi connectivity index (χ2v) is 8.09. The Bertz CT molecular complexity index is 794. The van der Waals surface area contributed by atoms with E-state index in [1.165, 1.54) is 6.07 Å². The van der Waals surface area contributed by atoms with Gasteiger partial charge < -0.3 is 15.0 Å². The number of alkyl halides is 3. The first kappa shape index (κ1) is 23.8. The number of benzene rings is 1. The van der Waals surface area contributed by atoms with Gasteiger partial charge in [-0.25, -0.2) is 0 Å². The highest BCUT2D eigenvalue weighted by Gasteiger charge is 2.35. The topological polar surface area (TPSA) is 65.1 Å². The zero-order valence-electron chi connectivity index (χ0n) is 17.3. The van der Waals surface area contributed by atoms with Crippen LogP contribution in [0.1, 0.15) is 12.5 Å². The molecule has 1 N–H and O–H groups in total. The van der Waals surface area contributed by atoms with E-state index in [0.29, 0.717) is 59.0 Å². The minimum atomic E-state index is -4.63. The number of ether oxygens (including phenoxy) is 1. The van der Waals surface area contributed by atoms with Crippen LogP contribution >= 0.6 is 11.6 Å². The van der Waals surface area contributed by atoms with Crippen molar-refractivity contribution >= 4 is 29.1 Å². The lowest BCUT2D eigenvalue weighted by Gasteiger charge is -2.38. The Morgan fingerprint density at radius 1 is 1.13 bits per heavy atom. The van der Waals surface area contributed by atoms with Crippen LogP contribution in [0.4, 0.5) is 18.9 Å². The zero-order valence-corrected chi connectivity index (χ0v) is 18.0. The minimum absolute atomic E-state index is 0.0545. The number of nitrogens with zero attached hydrogens (tertiary/aromatic N) is 3. The number of piperazine rings is 1. The van der Waals surface area contributed by atoms with Gasteiger partial charge in [-0.3, -0.25) is 19.4 Å². The summed E-state index contributed by atoms with van der Waals surface area (Å²) < 4.78 is 45.0. The fraction of sp³-hybridized carbons (Fsp3) is 0.600. The van der Waals surface area contributed by atoms with Gasteiger partial charge in [-0.1, -0.05) is 11.6 Å². The fourth-order valence-corrected chi connectivity index (χ4v) is 3.85. The van der Waals surface area contributed by atoms with Gasteiger partial charge in [-0.15, -0.1) is 0 Å². The fourth-order valence-electron chi connectivity index (χ4n) is 3.68. The third-order valence-corrected chi connectivity index (χ3v) is 5.84. The highest BCUT2D eigenvalue weighted by atomic mass is 35.5. The molecule has 172 valence electrons. The second-order valence-electron chi connectivity index (χ2n) is 7.66. The summed E-state index contributed by atoms with van der Waals surface area (Å²) in [6, 6.07) is 2.65. The summed E-state index contributed by atoms with van der Waals surface area (Å²) in [7, 11) is 0. The van der Waals surface area contributed by atoms with E-state index in [1.54, 1.807) is 11.8 Å². The molecule has 31 heavy (non-hydrogen) atoms. The molecule has 1 aromatic rings. The largest absolute Gasteiger partial charge is 0.418 e. The number of amides is 2. The van der Waals surface area contributed by atoms with Gasteiger partial charge >= 0.3 is 6.18 Å². The van der Waals surface area contributed by atoms with Crippen molar-refractivity contribution in [2.45, 2.75) is 19.1 Å². The summed E-state index contributed by atoms with van der Waals surface area (Å²) in [6.45, 7) is 6.55. The van der Waals surface area contributed by atoms with Gasteiger partial charge in [0.1, 0.15) is 0 Å². The van der Waals surface area contributed by atoms with Crippen LogP contribution in [0.5, 0.6) is 0 Å². The third kappa shape index (κ3) is 6.31. The Hall–Kier alpha value is -1.88. The van der Waals surface area contributed by atoms with Crippen molar-refractivity contribution in [3.8, 4) is 0 Å². The number of halogens is 4. The minimum Gasteiger partial charge on any atom is -0.378 e. The maximum Gasteiger partial charge on any atom is 0.418 e.